The van der Waals surface area contributed by atoms with Gasteiger partial charge in [0.05, 0.1) is 5.60 Å². The fraction of sp³-hybridized carbons (Fsp3) is 0.917. The number of ether oxygens (including phenoxy) is 1. The number of hydrogen-bond donors (Lipinski definition) is 3. The summed E-state index contributed by atoms with van der Waals surface area (Å²) in [5, 5.41) is 12.9. The summed E-state index contributed by atoms with van der Waals surface area (Å²) in [6.07, 6.45) is 4.54. The topological polar surface area (TPSA) is 84.6 Å². The Labute approximate surface area is 103 Å². The van der Waals surface area contributed by atoms with E-state index in [-0.39, 0.29) is 5.91 Å². The molecule has 17 heavy (non-hydrogen) atoms. The fourth-order valence-corrected chi connectivity index (χ4v) is 1.89. The monoisotopic (exact) mass is 244 g/mol. The van der Waals surface area contributed by atoms with Crippen LogP contribution in [-0.2, 0) is 9.53 Å². The van der Waals surface area contributed by atoms with E-state index in [2.05, 4.69) is 5.32 Å². The van der Waals surface area contributed by atoms with Crippen LogP contribution in [-0.4, -0.2) is 42.9 Å². The molecule has 0 aliphatic carbocycles. The standard InChI is InChI=1S/C12H24N2O3/c13-7-3-1-2-4-11(15)14-10-12(16)5-8-17-9-6-12/h16H,1-10,13H2,(H,14,15). The van der Waals surface area contributed by atoms with Crippen LogP contribution in [0.25, 0.3) is 0 Å². The molecule has 5 nitrogen and oxygen atoms in total. The van der Waals surface area contributed by atoms with Crippen LogP contribution in [0.1, 0.15) is 38.5 Å². The van der Waals surface area contributed by atoms with Crippen molar-refractivity contribution in [1.82, 2.24) is 5.32 Å². The van der Waals surface area contributed by atoms with Gasteiger partial charge in [0, 0.05) is 39.0 Å². The lowest BCUT2D eigenvalue weighted by Gasteiger charge is -2.32. The number of carbonyl (C=O) groups excluding carboxylic acids is 1. The summed E-state index contributed by atoms with van der Waals surface area (Å²) in [6, 6.07) is 0. The molecule has 0 saturated carbocycles. The number of nitrogens with one attached hydrogen (secondary N) is 1. The van der Waals surface area contributed by atoms with Crippen LogP contribution in [0.15, 0.2) is 0 Å². The molecule has 0 aromatic heterocycles. The van der Waals surface area contributed by atoms with Crippen molar-refractivity contribution in [2.45, 2.75) is 44.1 Å². The molecule has 1 rings (SSSR count). The minimum absolute atomic E-state index is 0.0157. The van der Waals surface area contributed by atoms with Crippen molar-refractivity contribution in [3.63, 3.8) is 0 Å². The summed E-state index contributed by atoms with van der Waals surface area (Å²) >= 11 is 0. The molecule has 4 N–H and O–H groups in total. The second-order valence-electron chi connectivity index (χ2n) is 4.71. The van der Waals surface area contributed by atoms with Gasteiger partial charge in [-0.1, -0.05) is 6.42 Å². The third-order valence-corrected chi connectivity index (χ3v) is 3.15. The highest BCUT2D eigenvalue weighted by atomic mass is 16.5. The van der Waals surface area contributed by atoms with Gasteiger partial charge in [0.2, 0.25) is 5.91 Å². The zero-order valence-corrected chi connectivity index (χ0v) is 10.4. The average molecular weight is 244 g/mol. The molecule has 100 valence electrons. The van der Waals surface area contributed by atoms with Crippen molar-refractivity contribution in [2.75, 3.05) is 26.3 Å². The third kappa shape index (κ3) is 6.00. The maximum atomic E-state index is 11.5. The summed E-state index contributed by atoms with van der Waals surface area (Å²) < 4.78 is 5.18. The van der Waals surface area contributed by atoms with Crippen LogP contribution in [0.4, 0.5) is 0 Å². The molecular formula is C12H24N2O3. The lowest BCUT2D eigenvalue weighted by atomic mass is 9.94. The van der Waals surface area contributed by atoms with Gasteiger partial charge in [-0.15, -0.1) is 0 Å². The van der Waals surface area contributed by atoms with Crippen molar-refractivity contribution < 1.29 is 14.6 Å². The first-order chi connectivity index (χ1) is 8.16. The van der Waals surface area contributed by atoms with Crippen molar-refractivity contribution in [3.05, 3.63) is 0 Å². The molecule has 1 aliphatic rings. The normalized spacial score (nSPS) is 18.9. The Morgan fingerprint density at radius 3 is 2.65 bits per heavy atom. The van der Waals surface area contributed by atoms with Gasteiger partial charge < -0.3 is 20.9 Å². The quantitative estimate of drug-likeness (QED) is 0.557. The zero-order valence-electron chi connectivity index (χ0n) is 10.4. The van der Waals surface area contributed by atoms with Gasteiger partial charge in [0.15, 0.2) is 0 Å². The Bertz CT molecular complexity index is 228. The first kappa shape index (κ1) is 14.4. The van der Waals surface area contributed by atoms with E-state index < -0.39 is 5.60 Å². The smallest absolute Gasteiger partial charge is 0.220 e. The summed E-state index contributed by atoms with van der Waals surface area (Å²) in [5.41, 5.74) is 4.60. The number of unbranched alkanes of at least 4 members (excludes halogenated alkanes) is 2. The molecule has 1 saturated heterocycles. The van der Waals surface area contributed by atoms with E-state index in [0.717, 1.165) is 19.3 Å². The third-order valence-electron chi connectivity index (χ3n) is 3.15. The van der Waals surface area contributed by atoms with Crippen LogP contribution in [0, 0.1) is 0 Å². The van der Waals surface area contributed by atoms with E-state index in [4.69, 9.17) is 10.5 Å². The van der Waals surface area contributed by atoms with Gasteiger partial charge in [-0.2, -0.15) is 0 Å². The number of rotatable bonds is 7. The first-order valence-corrected chi connectivity index (χ1v) is 6.43. The van der Waals surface area contributed by atoms with E-state index in [1.165, 1.54) is 0 Å². The highest BCUT2D eigenvalue weighted by Gasteiger charge is 2.29. The SMILES string of the molecule is NCCCCCC(=O)NCC1(O)CCOCC1. The van der Waals surface area contributed by atoms with Gasteiger partial charge in [-0.05, 0) is 19.4 Å². The van der Waals surface area contributed by atoms with E-state index in [9.17, 15) is 9.90 Å². The van der Waals surface area contributed by atoms with E-state index in [1.807, 2.05) is 0 Å². The lowest BCUT2D eigenvalue weighted by Crippen LogP contribution is -2.46. The predicted molar refractivity (Wildman–Crippen MR) is 65.5 cm³/mol. The molecule has 0 bridgehead atoms. The van der Waals surface area contributed by atoms with Gasteiger partial charge in [0.25, 0.3) is 0 Å². The maximum Gasteiger partial charge on any atom is 0.220 e. The van der Waals surface area contributed by atoms with E-state index in [1.54, 1.807) is 0 Å². The first-order valence-electron chi connectivity index (χ1n) is 6.43. The molecule has 0 spiro atoms. The Morgan fingerprint density at radius 1 is 1.29 bits per heavy atom. The molecule has 0 radical (unpaired) electrons. The molecular weight excluding hydrogens is 220 g/mol. The van der Waals surface area contributed by atoms with Crippen molar-refractivity contribution in [2.24, 2.45) is 5.73 Å². The van der Waals surface area contributed by atoms with Crippen molar-refractivity contribution in [3.8, 4) is 0 Å². The van der Waals surface area contributed by atoms with Crippen LogP contribution in [0.3, 0.4) is 0 Å². The molecule has 5 heteroatoms. The van der Waals surface area contributed by atoms with Gasteiger partial charge in [-0.25, -0.2) is 0 Å². The summed E-state index contributed by atoms with van der Waals surface area (Å²) in [5.74, 6) is 0.0157. The summed E-state index contributed by atoms with van der Waals surface area (Å²) in [6.45, 7) is 2.17. The molecule has 0 aromatic carbocycles. The lowest BCUT2D eigenvalue weighted by molar-refractivity contribution is -0.124. The maximum absolute atomic E-state index is 11.5. The molecule has 1 amide bonds. The minimum atomic E-state index is -0.773. The Morgan fingerprint density at radius 2 is 2.00 bits per heavy atom. The zero-order chi connectivity index (χ0) is 12.6. The van der Waals surface area contributed by atoms with Crippen LogP contribution in [0.2, 0.25) is 0 Å². The second kappa shape index (κ2) is 7.63. The molecule has 0 atom stereocenters. The summed E-state index contributed by atoms with van der Waals surface area (Å²) in [7, 11) is 0. The molecule has 1 heterocycles. The van der Waals surface area contributed by atoms with Gasteiger partial charge in [-0.3, -0.25) is 4.79 Å². The predicted octanol–water partition coefficient (Wildman–Crippen LogP) is 0.163. The van der Waals surface area contributed by atoms with E-state index in [0.29, 0.717) is 45.6 Å². The van der Waals surface area contributed by atoms with Crippen LogP contribution < -0.4 is 11.1 Å². The van der Waals surface area contributed by atoms with Crippen LogP contribution >= 0.6 is 0 Å². The highest BCUT2D eigenvalue weighted by molar-refractivity contribution is 5.75. The van der Waals surface area contributed by atoms with E-state index >= 15 is 0 Å². The van der Waals surface area contributed by atoms with Gasteiger partial charge >= 0.3 is 0 Å². The summed E-state index contributed by atoms with van der Waals surface area (Å²) in [4.78, 5) is 11.5. The minimum Gasteiger partial charge on any atom is -0.388 e. The fourth-order valence-electron chi connectivity index (χ4n) is 1.89. The molecule has 0 unspecified atom stereocenters. The molecule has 1 aliphatic heterocycles. The van der Waals surface area contributed by atoms with Gasteiger partial charge in [0.1, 0.15) is 0 Å². The largest absolute Gasteiger partial charge is 0.388 e. The Hall–Kier alpha value is -0.650. The Balaban J connectivity index is 2.10. The van der Waals surface area contributed by atoms with Crippen LogP contribution in [0.5, 0.6) is 0 Å². The number of carbonyl (C=O) groups is 1. The Kier molecular flexibility index (Phi) is 6.47. The number of nitrogens with two attached hydrogens (primary N) is 1. The highest BCUT2D eigenvalue weighted by Crippen LogP contribution is 2.19. The number of hydrogen-bond acceptors (Lipinski definition) is 4. The van der Waals surface area contributed by atoms with Crippen molar-refractivity contribution in [1.29, 1.82) is 0 Å². The average Bonchev–Trinajstić information content (AvgIpc) is 2.33. The van der Waals surface area contributed by atoms with Crippen molar-refractivity contribution >= 4 is 5.91 Å². The second-order valence-corrected chi connectivity index (χ2v) is 4.71. The number of amides is 1. The molecule has 0 aromatic rings. The molecule has 1 fully saturated rings. The number of aliphatic hydroxyl groups is 1.